The molecule has 0 spiro atoms. The Bertz CT molecular complexity index is 816. The fraction of sp³-hybridized carbons (Fsp3) is 0.458. The van der Waals surface area contributed by atoms with E-state index in [0.29, 0.717) is 5.92 Å². The minimum absolute atomic E-state index is 0.434. The van der Waals surface area contributed by atoms with Crippen LogP contribution in [0.5, 0.6) is 0 Å². The van der Waals surface area contributed by atoms with Crippen molar-refractivity contribution < 1.29 is 0 Å². The number of aromatic amines is 1. The van der Waals surface area contributed by atoms with Gasteiger partial charge in [-0.05, 0) is 53.6 Å². The molecule has 1 N–H and O–H groups in total. The smallest absolute Gasteiger partial charge is 0.0457 e. The van der Waals surface area contributed by atoms with Crippen molar-refractivity contribution >= 4 is 39.3 Å². The molecule has 0 aliphatic carbocycles. The van der Waals surface area contributed by atoms with Gasteiger partial charge in [0.25, 0.3) is 0 Å². The van der Waals surface area contributed by atoms with Crippen molar-refractivity contribution in [2.45, 2.75) is 70.6 Å². The molecule has 1 atom stereocenters. The average Bonchev–Trinajstić information content (AvgIpc) is 3.36. The summed E-state index contributed by atoms with van der Waals surface area (Å²) in [5, 5.41) is 3.53. The number of nitrogens with one attached hydrogen (secondary N) is 1. The maximum absolute atomic E-state index is 5.72. The Morgan fingerprint density at radius 1 is 1.00 bits per heavy atom. The van der Waals surface area contributed by atoms with Crippen molar-refractivity contribution in [3.05, 3.63) is 58.4 Å². The number of H-pyrrole nitrogens is 1. The van der Waals surface area contributed by atoms with E-state index in [1.54, 1.807) is 0 Å². The van der Waals surface area contributed by atoms with E-state index in [1.807, 2.05) is 11.3 Å². The van der Waals surface area contributed by atoms with E-state index in [4.69, 9.17) is 12.2 Å². The average molecular weight is 398 g/mol. The van der Waals surface area contributed by atoms with Gasteiger partial charge in [-0.25, -0.2) is 0 Å². The molecule has 0 fully saturated rings. The number of aromatic nitrogens is 1. The summed E-state index contributed by atoms with van der Waals surface area (Å²) >= 11 is 7.58. The number of thiophene rings is 1. The molecule has 0 amide bonds. The third-order valence-electron chi connectivity index (χ3n) is 5.40. The summed E-state index contributed by atoms with van der Waals surface area (Å²) in [7, 11) is 0. The fourth-order valence-corrected chi connectivity index (χ4v) is 5.00. The van der Waals surface area contributed by atoms with Gasteiger partial charge in [-0.2, -0.15) is 0 Å². The van der Waals surface area contributed by atoms with Crippen molar-refractivity contribution in [1.29, 1.82) is 0 Å². The predicted octanol–water partition coefficient (Wildman–Crippen LogP) is 8.26. The molecule has 1 unspecified atom stereocenters. The second-order valence-electron chi connectivity index (χ2n) is 7.45. The predicted molar refractivity (Wildman–Crippen MR) is 124 cm³/mol. The summed E-state index contributed by atoms with van der Waals surface area (Å²) in [6, 6.07) is 13.1. The normalized spacial score (nSPS) is 12.5. The summed E-state index contributed by atoms with van der Waals surface area (Å²) in [6.07, 6.45) is 13.5. The Morgan fingerprint density at radius 2 is 1.81 bits per heavy atom. The van der Waals surface area contributed by atoms with Crippen LogP contribution >= 0.6 is 23.6 Å². The number of thiocarbonyl (C=S) groups is 1. The monoisotopic (exact) mass is 397 g/mol. The van der Waals surface area contributed by atoms with Crippen molar-refractivity contribution in [2.24, 2.45) is 0 Å². The van der Waals surface area contributed by atoms with Gasteiger partial charge < -0.3 is 4.98 Å². The van der Waals surface area contributed by atoms with Crippen LogP contribution in [0.3, 0.4) is 0 Å². The van der Waals surface area contributed by atoms with Crippen LogP contribution < -0.4 is 0 Å². The van der Waals surface area contributed by atoms with Crippen molar-refractivity contribution in [3.8, 4) is 0 Å². The van der Waals surface area contributed by atoms with E-state index in [-0.39, 0.29) is 0 Å². The molecule has 27 heavy (non-hydrogen) atoms. The quantitative estimate of drug-likeness (QED) is 0.240. The standard InChI is InChI=1S/C24H31NS2/c1-2-3-4-5-6-7-11-19(26)15-16-21(24-14-10-17-27-24)22-18-25-23-13-9-8-12-20(22)23/h8-10,12-14,17-18,21,25H,2-7,11,15-16H2,1H3. The van der Waals surface area contributed by atoms with Crippen LogP contribution in [0.1, 0.15) is 81.1 Å². The summed E-state index contributed by atoms with van der Waals surface area (Å²) in [5.41, 5.74) is 2.64. The highest BCUT2D eigenvalue weighted by atomic mass is 32.1. The maximum Gasteiger partial charge on any atom is 0.0457 e. The second kappa shape index (κ2) is 10.8. The maximum atomic E-state index is 5.72. The van der Waals surface area contributed by atoms with Gasteiger partial charge in [0.2, 0.25) is 0 Å². The zero-order chi connectivity index (χ0) is 18.9. The Balaban J connectivity index is 1.58. The van der Waals surface area contributed by atoms with Crippen LogP contribution in [-0.2, 0) is 0 Å². The molecule has 0 saturated heterocycles. The summed E-state index contributed by atoms with van der Waals surface area (Å²) < 4.78 is 0. The first-order chi connectivity index (χ1) is 13.3. The van der Waals surface area contributed by atoms with Crippen molar-refractivity contribution in [2.75, 3.05) is 0 Å². The first-order valence-electron chi connectivity index (χ1n) is 10.4. The van der Waals surface area contributed by atoms with E-state index in [9.17, 15) is 0 Å². The number of hydrogen-bond acceptors (Lipinski definition) is 2. The number of unbranched alkanes of at least 4 members (excludes halogenated alkanes) is 5. The van der Waals surface area contributed by atoms with Gasteiger partial charge in [-0.1, -0.05) is 75.5 Å². The molecule has 144 valence electrons. The summed E-state index contributed by atoms with van der Waals surface area (Å²) in [5.74, 6) is 0.434. The van der Waals surface area contributed by atoms with E-state index in [0.717, 1.165) is 19.3 Å². The van der Waals surface area contributed by atoms with Gasteiger partial charge in [-0.3, -0.25) is 0 Å². The number of benzene rings is 1. The first-order valence-corrected chi connectivity index (χ1v) is 11.7. The van der Waals surface area contributed by atoms with Crippen LogP contribution in [0, 0.1) is 0 Å². The molecule has 0 aliphatic rings. The van der Waals surface area contributed by atoms with E-state index in [2.05, 4.69) is 59.9 Å². The minimum atomic E-state index is 0.434. The zero-order valence-corrected chi connectivity index (χ0v) is 18.0. The third-order valence-corrected chi connectivity index (χ3v) is 6.80. The van der Waals surface area contributed by atoms with E-state index < -0.39 is 0 Å². The Kier molecular flexibility index (Phi) is 8.10. The fourth-order valence-electron chi connectivity index (χ4n) is 3.86. The molecule has 1 nitrogen and oxygen atoms in total. The molecule has 0 saturated carbocycles. The van der Waals surface area contributed by atoms with Crippen LogP contribution in [-0.4, -0.2) is 9.85 Å². The third kappa shape index (κ3) is 5.76. The molecular weight excluding hydrogens is 366 g/mol. The van der Waals surface area contributed by atoms with Crippen LogP contribution in [0.15, 0.2) is 48.0 Å². The number of para-hydroxylation sites is 1. The highest BCUT2D eigenvalue weighted by Gasteiger charge is 2.19. The molecule has 3 aromatic rings. The highest BCUT2D eigenvalue weighted by molar-refractivity contribution is 7.80. The molecule has 2 heterocycles. The molecule has 0 bridgehead atoms. The molecule has 3 rings (SSSR count). The molecule has 0 aliphatic heterocycles. The minimum Gasteiger partial charge on any atom is -0.361 e. The molecule has 3 heteroatoms. The lowest BCUT2D eigenvalue weighted by atomic mass is 9.91. The topological polar surface area (TPSA) is 15.8 Å². The second-order valence-corrected chi connectivity index (χ2v) is 9.01. The molecule has 2 aromatic heterocycles. The Morgan fingerprint density at radius 3 is 2.63 bits per heavy atom. The van der Waals surface area contributed by atoms with Gasteiger partial charge in [0.1, 0.15) is 0 Å². The van der Waals surface area contributed by atoms with Crippen LogP contribution in [0.4, 0.5) is 0 Å². The van der Waals surface area contributed by atoms with Crippen molar-refractivity contribution in [1.82, 2.24) is 4.98 Å². The van der Waals surface area contributed by atoms with Crippen LogP contribution in [0.2, 0.25) is 0 Å². The SMILES string of the molecule is CCCCCCCCC(=S)CCC(c1cccs1)c1c[nH]c2ccccc12. The first kappa shape index (κ1) is 20.3. The lowest BCUT2D eigenvalue weighted by Crippen LogP contribution is -2.03. The number of hydrogen-bond donors (Lipinski definition) is 1. The van der Waals surface area contributed by atoms with Gasteiger partial charge in [0.15, 0.2) is 0 Å². The van der Waals surface area contributed by atoms with Gasteiger partial charge in [0, 0.05) is 27.9 Å². The summed E-state index contributed by atoms with van der Waals surface area (Å²) in [6.45, 7) is 2.27. The van der Waals surface area contributed by atoms with E-state index >= 15 is 0 Å². The number of fused-ring (bicyclic) bond motifs is 1. The highest BCUT2D eigenvalue weighted by Crippen LogP contribution is 2.36. The van der Waals surface area contributed by atoms with E-state index in [1.165, 1.54) is 64.7 Å². The number of rotatable bonds is 12. The molecule has 0 radical (unpaired) electrons. The zero-order valence-electron chi connectivity index (χ0n) is 16.4. The lowest BCUT2D eigenvalue weighted by molar-refractivity contribution is 0.614. The van der Waals surface area contributed by atoms with Crippen molar-refractivity contribution in [3.63, 3.8) is 0 Å². The Hall–Kier alpha value is -1.45. The van der Waals surface area contributed by atoms with Gasteiger partial charge in [-0.15, -0.1) is 11.3 Å². The van der Waals surface area contributed by atoms with Gasteiger partial charge in [0.05, 0.1) is 0 Å². The summed E-state index contributed by atoms with van der Waals surface area (Å²) in [4.78, 5) is 6.15. The largest absolute Gasteiger partial charge is 0.361 e. The van der Waals surface area contributed by atoms with Gasteiger partial charge >= 0.3 is 0 Å². The molecule has 1 aromatic carbocycles. The lowest BCUT2D eigenvalue weighted by Gasteiger charge is -2.16. The van der Waals surface area contributed by atoms with Crippen LogP contribution in [0.25, 0.3) is 10.9 Å². The molecular formula is C24H31NS2. The Labute approximate surface area is 173 Å².